The molecular formula is C15H32N2O. The van der Waals surface area contributed by atoms with E-state index in [1.54, 1.807) is 0 Å². The summed E-state index contributed by atoms with van der Waals surface area (Å²) in [7, 11) is 0. The van der Waals surface area contributed by atoms with Crippen molar-refractivity contribution in [2.24, 2.45) is 5.92 Å². The second kappa shape index (κ2) is 8.13. The van der Waals surface area contributed by atoms with Gasteiger partial charge >= 0.3 is 0 Å². The summed E-state index contributed by atoms with van der Waals surface area (Å²) in [5, 5.41) is 3.73. The maximum Gasteiger partial charge on any atom is 0.0619 e. The van der Waals surface area contributed by atoms with E-state index in [1.807, 2.05) is 0 Å². The topological polar surface area (TPSA) is 24.5 Å². The Bertz CT molecular complexity index is 223. The molecule has 1 aliphatic rings. The Kier molecular flexibility index (Phi) is 7.20. The number of rotatable bonds is 7. The molecule has 3 heteroatoms. The summed E-state index contributed by atoms with van der Waals surface area (Å²) in [6.07, 6.45) is 2.47. The smallest absolute Gasteiger partial charge is 0.0619 e. The lowest BCUT2D eigenvalue weighted by molar-refractivity contribution is 0.0199. The van der Waals surface area contributed by atoms with E-state index in [4.69, 9.17) is 4.74 Å². The lowest BCUT2D eigenvalue weighted by Crippen LogP contribution is -2.61. The van der Waals surface area contributed by atoms with Crippen molar-refractivity contribution >= 4 is 0 Å². The lowest BCUT2D eigenvalue weighted by Gasteiger charge is -2.45. The van der Waals surface area contributed by atoms with Crippen molar-refractivity contribution in [3.05, 3.63) is 0 Å². The summed E-state index contributed by atoms with van der Waals surface area (Å²) in [6, 6.07) is 1.84. The first-order valence-electron chi connectivity index (χ1n) is 7.70. The molecule has 0 aliphatic carbocycles. The van der Waals surface area contributed by atoms with Crippen LogP contribution in [0, 0.1) is 5.92 Å². The Morgan fingerprint density at radius 1 is 1.28 bits per heavy atom. The van der Waals surface area contributed by atoms with Gasteiger partial charge in [-0.1, -0.05) is 27.2 Å². The Labute approximate surface area is 113 Å². The maximum atomic E-state index is 5.60. The normalized spacial score (nSPS) is 29.2. The molecule has 1 aliphatic heterocycles. The van der Waals surface area contributed by atoms with Crippen LogP contribution in [0.15, 0.2) is 0 Å². The molecule has 1 heterocycles. The highest BCUT2D eigenvalue weighted by Gasteiger charge is 2.31. The molecule has 1 fully saturated rings. The zero-order valence-electron chi connectivity index (χ0n) is 12.9. The highest BCUT2D eigenvalue weighted by molar-refractivity contribution is 4.90. The van der Waals surface area contributed by atoms with Crippen molar-refractivity contribution in [3.63, 3.8) is 0 Å². The van der Waals surface area contributed by atoms with Gasteiger partial charge in [-0.2, -0.15) is 0 Å². The molecule has 4 unspecified atom stereocenters. The van der Waals surface area contributed by atoms with Gasteiger partial charge in [0.1, 0.15) is 0 Å². The van der Waals surface area contributed by atoms with Crippen molar-refractivity contribution in [2.45, 2.75) is 65.6 Å². The molecule has 0 saturated carbocycles. The molecule has 0 spiro atoms. The third-order valence-electron chi connectivity index (χ3n) is 4.42. The third-order valence-corrected chi connectivity index (χ3v) is 4.42. The molecule has 0 aromatic carbocycles. The number of nitrogens with one attached hydrogen (secondary N) is 1. The van der Waals surface area contributed by atoms with Gasteiger partial charge in [-0.3, -0.25) is 4.90 Å². The molecule has 3 nitrogen and oxygen atoms in total. The standard InChI is InChI=1S/C15H32N2O/c1-6-12(4)15-10-17(13(5)11-18-8-3)14(7-2)9-16-15/h12-16H,6-11H2,1-5H3. The third kappa shape index (κ3) is 4.22. The molecule has 108 valence electrons. The Morgan fingerprint density at radius 2 is 2.00 bits per heavy atom. The predicted octanol–water partition coefficient (Wildman–Crippen LogP) is 2.51. The van der Waals surface area contributed by atoms with Gasteiger partial charge in [0.05, 0.1) is 6.61 Å². The fraction of sp³-hybridized carbons (Fsp3) is 1.00. The van der Waals surface area contributed by atoms with Gasteiger partial charge in [-0.25, -0.2) is 0 Å². The average Bonchev–Trinajstić information content (AvgIpc) is 2.43. The maximum absolute atomic E-state index is 5.60. The van der Waals surface area contributed by atoms with Gasteiger partial charge in [0.2, 0.25) is 0 Å². The van der Waals surface area contributed by atoms with Gasteiger partial charge in [0.15, 0.2) is 0 Å². The van der Waals surface area contributed by atoms with Crippen LogP contribution in [0.2, 0.25) is 0 Å². The quantitative estimate of drug-likeness (QED) is 0.757. The number of piperazine rings is 1. The van der Waals surface area contributed by atoms with E-state index in [2.05, 4.69) is 44.8 Å². The van der Waals surface area contributed by atoms with Gasteiger partial charge in [0, 0.05) is 37.8 Å². The fourth-order valence-electron chi connectivity index (χ4n) is 2.81. The van der Waals surface area contributed by atoms with Gasteiger partial charge in [0.25, 0.3) is 0 Å². The zero-order valence-corrected chi connectivity index (χ0v) is 12.9. The molecule has 0 bridgehead atoms. The number of hydrogen-bond donors (Lipinski definition) is 1. The van der Waals surface area contributed by atoms with Crippen LogP contribution in [-0.2, 0) is 4.74 Å². The molecule has 1 saturated heterocycles. The Hall–Kier alpha value is -0.120. The molecule has 4 atom stereocenters. The van der Waals surface area contributed by atoms with Crippen LogP contribution in [0.1, 0.15) is 47.5 Å². The highest BCUT2D eigenvalue weighted by atomic mass is 16.5. The molecule has 18 heavy (non-hydrogen) atoms. The van der Waals surface area contributed by atoms with Crippen LogP contribution in [-0.4, -0.2) is 49.3 Å². The van der Waals surface area contributed by atoms with E-state index in [0.29, 0.717) is 18.1 Å². The minimum absolute atomic E-state index is 0.531. The molecule has 1 N–H and O–H groups in total. The summed E-state index contributed by atoms with van der Waals surface area (Å²) in [6.45, 7) is 15.3. The SMILES string of the molecule is CCOCC(C)N1CC(C(C)CC)NCC1CC. The van der Waals surface area contributed by atoms with Gasteiger partial charge < -0.3 is 10.1 Å². The predicted molar refractivity (Wildman–Crippen MR) is 78.0 cm³/mol. The van der Waals surface area contributed by atoms with E-state index in [-0.39, 0.29) is 0 Å². The molecule has 0 aromatic heterocycles. The van der Waals surface area contributed by atoms with Crippen LogP contribution in [0.5, 0.6) is 0 Å². The number of ether oxygens (including phenoxy) is 1. The van der Waals surface area contributed by atoms with Crippen LogP contribution in [0.3, 0.4) is 0 Å². The zero-order chi connectivity index (χ0) is 13.5. The van der Waals surface area contributed by atoms with Crippen LogP contribution >= 0.6 is 0 Å². The molecule has 0 radical (unpaired) electrons. The van der Waals surface area contributed by atoms with E-state index >= 15 is 0 Å². The summed E-state index contributed by atoms with van der Waals surface area (Å²) < 4.78 is 5.60. The van der Waals surface area contributed by atoms with Crippen molar-refractivity contribution in [1.29, 1.82) is 0 Å². The molecule has 0 amide bonds. The first kappa shape index (κ1) is 15.9. The van der Waals surface area contributed by atoms with Crippen molar-refractivity contribution in [1.82, 2.24) is 10.2 Å². The van der Waals surface area contributed by atoms with Crippen LogP contribution < -0.4 is 5.32 Å². The summed E-state index contributed by atoms with van der Waals surface area (Å²) in [4.78, 5) is 2.66. The van der Waals surface area contributed by atoms with Crippen LogP contribution in [0.4, 0.5) is 0 Å². The first-order chi connectivity index (χ1) is 8.63. The number of hydrogen-bond acceptors (Lipinski definition) is 3. The van der Waals surface area contributed by atoms with Gasteiger partial charge in [-0.05, 0) is 26.2 Å². The van der Waals surface area contributed by atoms with Gasteiger partial charge in [-0.15, -0.1) is 0 Å². The summed E-state index contributed by atoms with van der Waals surface area (Å²) >= 11 is 0. The monoisotopic (exact) mass is 256 g/mol. The average molecular weight is 256 g/mol. The number of nitrogens with zero attached hydrogens (tertiary/aromatic N) is 1. The van der Waals surface area contributed by atoms with Crippen LogP contribution in [0.25, 0.3) is 0 Å². The molecule has 1 rings (SSSR count). The fourth-order valence-corrected chi connectivity index (χ4v) is 2.81. The Morgan fingerprint density at radius 3 is 2.56 bits per heavy atom. The lowest BCUT2D eigenvalue weighted by atomic mass is 9.94. The van der Waals surface area contributed by atoms with E-state index in [0.717, 1.165) is 25.7 Å². The minimum Gasteiger partial charge on any atom is -0.380 e. The van der Waals surface area contributed by atoms with Crippen molar-refractivity contribution in [3.8, 4) is 0 Å². The van der Waals surface area contributed by atoms with Crippen molar-refractivity contribution in [2.75, 3.05) is 26.3 Å². The first-order valence-corrected chi connectivity index (χ1v) is 7.70. The molecular weight excluding hydrogens is 224 g/mol. The van der Waals surface area contributed by atoms with E-state index < -0.39 is 0 Å². The molecule has 0 aromatic rings. The highest BCUT2D eigenvalue weighted by Crippen LogP contribution is 2.19. The van der Waals surface area contributed by atoms with Crippen molar-refractivity contribution < 1.29 is 4.74 Å². The summed E-state index contributed by atoms with van der Waals surface area (Å²) in [5.41, 5.74) is 0. The second-order valence-electron chi connectivity index (χ2n) is 5.67. The Balaban J connectivity index is 2.58. The second-order valence-corrected chi connectivity index (χ2v) is 5.67. The van der Waals surface area contributed by atoms with E-state index in [9.17, 15) is 0 Å². The minimum atomic E-state index is 0.531. The summed E-state index contributed by atoms with van der Waals surface area (Å²) in [5.74, 6) is 0.754. The van der Waals surface area contributed by atoms with E-state index in [1.165, 1.54) is 19.4 Å². The largest absolute Gasteiger partial charge is 0.380 e.